The predicted octanol–water partition coefficient (Wildman–Crippen LogP) is 1.70. The zero-order chi connectivity index (χ0) is 14.4. The molecule has 5 heteroatoms. The average molecular weight is 269 g/mol. The van der Waals surface area contributed by atoms with Gasteiger partial charge in [-0.15, -0.1) is 0 Å². The molecule has 1 heterocycles. The molecule has 0 saturated heterocycles. The van der Waals surface area contributed by atoms with Gasteiger partial charge in [-0.1, -0.05) is 11.8 Å². The van der Waals surface area contributed by atoms with Crippen LogP contribution in [-0.4, -0.2) is 27.8 Å². The van der Waals surface area contributed by atoms with Crippen LogP contribution in [0.5, 0.6) is 0 Å². The first-order chi connectivity index (χ1) is 9.69. The fourth-order valence-corrected chi connectivity index (χ4v) is 1.73. The minimum atomic E-state index is -0.208. The zero-order valence-electron chi connectivity index (χ0n) is 11.1. The minimum Gasteiger partial charge on any atom is -0.395 e. The van der Waals surface area contributed by atoms with Crippen molar-refractivity contribution in [3.05, 3.63) is 47.3 Å². The van der Waals surface area contributed by atoms with Crippen LogP contribution in [0, 0.1) is 18.8 Å². The number of aliphatic hydroxyl groups is 1. The predicted molar refractivity (Wildman–Crippen MR) is 76.3 cm³/mol. The molecule has 0 saturated carbocycles. The molecule has 3 N–H and O–H groups in total. The number of nitrogens with zero attached hydrogens (tertiary/aromatic N) is 1. The van der Waals surface area contributed by atoms with E-state index in [2.05, 4.69) is 27.4 Å². The lowest BCUT2D eigenvalue weighted by molar-refractivity contribution is 0.102. The number of amides is 1. The van der Waals surface area contributed by atoms with Crippen molar-refractivity contribution in [1.82, 2.24) is 10.2 Å². The van der Waals surface area contributed by atoms with Gasteiger partial charge in [-0.3, -0.25) is 9.89 Å². The third-order valence-electron chi connectivity index (χ3n) is 2.57. The molecule has 102 valence electrons. The molecule has 0 fully saturated rings. The summed E-state index contributed by atoms with van der Waals surface area (Å²) >= 11 is 0. The number of aromatic nitrogens is 2. The Kier molecular flexibility index (Phi) is 4.53. The SMILES string of the molecule is Cc1cc(C#CCCO)cc(C(=O)Nc2cn[nH]c2)c1. The van der Waals surface area contributed by atoms with Gasteiger partial charge in [-0.2, -0.15) is 5.10 Å². The number of anilines is 1. The summed E-state index contributed by atoms with van der Waals surface area (Å²) in [6, 6.07) is 5.43. The molecule has 1 aromatic heterocycles. The van der Waals surface area contributed by atoms with Gasteiger partial charge in [0, 0.05) is 23.7 Å². The number of aromatic amines is 1. The van der Waals surface area contributed by atoms with E-state index in [1.165, 1.54) is 6.20 Å². The number of aliphatic hydroxyl groups excluding tert-OH is 1. The van der Waals surface area contributed by atoms with Crippen molar-refractivity contribution in [2.45, 2.75) is 13.3 Å². The second kappa shape index (κ2) is 6.55. The summed E-state index contributed by atoms with van der Waals surface area (Å²) in [5.41, 5.74) is 2.87. The van der Waals surface area contributed by atoms with Crippen molar-refractivity contribution in [1.29, 1.82) is 0 Å². The van der Waals surface area contributed by atoms with E-state index in [1.807, 2.05) is 13.0 Å². The number of carbonyl (C=O) groups is 1. The molecule has 20 heavy (non-hydrogen) atoms. The van der Waals surface area contributed by atoms with Gasteiger partial charge in [-0.25, -0.2) is 0 Å². The van der Waals surface area contributed by atoms with Gasteiger partial charge in [0.25, 0.3) is 5.91 Å². The van der Waals surface area contributed by atoms with Gasteiger partial charge >= 0.3 is 0 Å². The summed E-state index contributed by atoms with van der Waals surface area (Å²) in [6.45, 7) is 1.94. The second-order valence-corrected chi connectivity index (χ2v) is 4.30. The normalized spacial score (nSPS) is 9.70. The van der Waals surface area contributed by atoms with E-state index in [4.69, 9.17) is 5.11 Å². The van der Waals surface area contributed by atoms with Crippen molar-refractivity contribution in [2.24, 2.45) is 0 Å². The molecule has 5 nitrogen and oxygen atoms in total. The fourth-order valence-electron chi connectivity index (χ4n) is 1.73. The molecule has 0 aliphatic rings. The van der Waals surface area contributed by atoms with Crippen LogP contribution in [-0.2, 0) is 0 Å². The number of aryl methyl sites for hydroxylation is 1. The molecule has 0 unspecified atom stereocenters. The molecule has 0 radical (unpaired) electrons. The van der Waals surface area contributed by atoms with Gasteiger partial charge < -0.3 is 10.4 Å². The molecular weight excluding hydrogens is 254 g/mol. The molecule has 2 rings (SSSR count). The van der Waals surface area contributed by atoms with Crippen LogP contribution in [0.4, 0.5) is 5.69 Å². The van der Waals surface area contributed by atoms with E-state index in [0.29, 0.717) is 17.7 Å². The van der Waals surface area contributed by atoms with Crippen molar-refractivity contribution in [3.8, 4) is 11.8 Å². The Morgan fingerprint density at radius 1 is 1.45 bits per heavy atom. The van der Waals surface area contributed by atoms with E-state index < -0.39 is 0 Å². The minimum absolute atomic E-state index is 0.0344. The molecule has 1 amide bonds. The van der Waals surface area contributed by atoms with Crippen molar-refractivity contribution in [3.63, 3.8) is 0 Å². The third kappa shape index (κ3) is 3.70. The third-order valence-corrected chi connectivity index (χ3v) is 2.57. The lowest BCUT2D eigenvalue weighted by Gasteiger charge is -2.04. The molecule has 0 atom stereocenters. The van der Waals surface area contributed by atoms with Crippen LogP contribution >= 0.6 is 0 Å². The van der Waals surface area contributed by atoms with Gasteiger partial charge in [0.05, 0.1) is 18.5 Å². The smallest absolute Gasteiger partial charge is 0.255 e. The Labute approximate surface area is 117 Å². The molecular formula is C15H15N3O2. The Morgan fingerprint density at radius 2 is 2.30 bits per heavy atom. The van der Waals surface area contributed by atoms with Crippen molar-refractivity contribution in [2.75, 3.05) is 11.9 Å². The van der Waals surface area contributed by atoms with E-state index in [1.54, 1.807) is 18.3 Å². The molecule has 0 aliphatic heterocycles. The van der Waals surface area contributed by atoms with Gasteiger partial charge in [0.1, 0.15) is 0 Å². The maximum atomic E-state index is 12.1. The van der Waals surface area contributed by atoms with Crippen molar-refractivity contribution >= 4 is 11.6 Å². The molecule has 0 spiro atoms. The van der Waals surface area contributed by atoms with E-state index in [-0.39, 0.29) is 12.5 Å². The van der Waals surface area contributed by atoms with Crippen LogP contribution < -0.4 is 5.32 Å². The number of carbonyl (C=O) groups excluding carboxylic acids is 1. The summed E-state index contributed by atoms with van der Waals surface area (Å²) in [5.74, 6) is 5.57. The fraction of sp³-hybridized carbons (Fsp3) is 0.200. The van der Waals surface area contributed by atoms with Crippen LogP contribution in [0.3, 0.4) is 0 Å². The average Bonchev–Trinajstić information content (AvgIpc) is 2.91. The highest BCUT2D eigenvalue weighted by Gasteiger charge is 2.08. The number of H-pyrrole nitrogens is 1. The summed E-state index contributed by atoms with van der Waals surface area (Å²) in [7, 11) is 0. The van der Waals surface area contributed by atoms with Crippen LogP contribution in [0.15, 0.2) is 30.6 Å². The quantitative estimate of drug-likeness (QED) is 0.742. The van der Waals surface area contributed by atoms with E-state index in [0.717, 1.165) is 11.1 Å². The van der Waals surface area contributed by atoms with Crippen LogP contribution in [0.1, 0.15) is 27.9 Å². The zero-order valence-corrected chi connectivity index (χ0v) is 11.1. The summed E-state index contributed by atoms with van der Waals surface area (Å²) in [4.78, 5) is 12.1. The highest BCUT2D eigenvalue weighted by molar-refractivity contribution is 6.04. The Hall–Kier alpha value is -2.58. The number of hydrogen-bond acceptors (Lipinski definition) is 3. The standard InChI is InChI=1S/C15H15N3O2/c1-11-6-12(4-2-3-5-19)8-13(7-11)15(20)18-14-9-16-17-10-14/h6-10,19H,3,5H2,1H3,(H,16,17)(H,18,20). The lowest BCUT2D eigenvalue weighted by Crippen LogP contribution is -2.11. The molecule has 2 aromatic rings. The Bertz CT molecular complexity index is 651. The number of benzene rings is 1. The molecule has 0 aliphatic carbocycles. The lowest BCUT2D eigenvalue weighted by atomic mass is 10.1. The monoisotopic (exact) mass is 269 g/mol. The first-order valence-electron chi connectivity index (χ1n) is 6.20. The maximum absolute atomic E-state index is 12.1. The van der Waals surface area contributed by atoms with Crippen molar-refractivity contribution < 1.29 is 9.90 Å². The van der Waals surface area contributed by atoms with Crippen LogP contribution in [0.25, 0.3) is 0 Å². The van der Waals surface area contributed by atoms with E-state index in [9.17, 15) is 4.79 Å². The second-order valence-electron chi connectivity index (χ2n) is 4.30. The van der Waals surface area contributed by atoms with Gasteiger partial charge in [0.2, 0.25) is 0 Å². The van der Waals surface area contributed by atoms with Gasteiger partial charge in [0.15, 0.2) is 0 Å². The number of rotatable bonds is 3. The highest BCUT2D eigenvalue weighted by atomic mass is 16.2. The molecule has 1 aromatic carbocycles. The largest absolute Gasteiger partial charge is 0.395 e. The van der Waals surface area contributed by atoms with E-state index >= 15 is 0 Å². The molecule has 0 bridgehead atoms. The summed E-state index contributed by atoms with van der Waals surface area (Å²) in [6.07, 6.45) is 3.57. The maximum Gasteiger partial charge on any atom is 0.255 e. The highest BCUT2D eigenvalue weighted by Crippen LogP contribution is 2.11. The Balaban J connectivity index is 2.19. The number of hydrogen-bond donors (Lipinski definition) is 3. The van der Waals surface area contributed by atoms with Gasteiger partial charge in [-0.05, 0) is 30.7 Å². The Morgan fingerprint density at radius 3 is 3.00 bits per heavy atom. The topological polar surface area (TPSA) is 78.0 Å². The summed E-state index contributed by atoms with van der Waals surface area (Å²) in [5, 5.41) is 17.9. The first kappa shape index (κ1) is 13.8. The number of nitrogens with one attached hydrogen (secondary N) is 2. The summed E-state index contributed by atoms with van der Waals surface area (Å²) < 4.78 is 0. The first-order valence-corrected chi connectivity index (χ1v) is 6.20. The van der Waals surface area contributed by atoms with Crippen LogP contribution in [0.2, 0.25) is 0 Å².